The van der Waals surface area contributed by atoms with E-state index in [1.807, 2.05) is 18.2 Å². The van der Waals surface area contributed by atoms with Crippen molar-refractivity contribution < 1.29 is 4.52 Å². The minimum absolute atomic E-state index is 0.468. The number of hydrogen-bond donors (Lipinski definition) is 1. The molecule has 102 valence electrons. The number of thiazole rings is 1. The Hall–Kier alpha value is -1.95. The normalized spacial score (nSPS) is 16.2. The Labute approximate surface area is 119 Å². The Balaban J connectivity index is 1.71. The zero-order valence-corrected chi connectivity index (χ0v) is 11.7. The average Bonchev–Trinajstić information content (AvgIpc) is 3.17. The quantitative estimate of drug-likeness (QED) is 0.779. The molecule has 6 heteroatoms. The minimum atomic E-state index is 0.468. The highest BCUT2D eigenvalue weighted by Crippen LogP contribution is 2.34. The summed E-state index contributed by atoms with van der Waals surface area (Å²) < 4.78 is 6.45. The van der Waals surface area contributed by atoms with Crippen molar-refractivity contribution in [2.45, 2.75) is 31.6 Å². The monoisotopic (exact) mass is 286 g/mol. The Bertz CT molecular complexity index is 757. The van der Waals surface area contributed by atoms with Gasteiger partial charge < -0.3 is 10.3 Å². The van der Waals surface area contributed by atoms with Gasteiger partial charge >= 0.3 is 0 Å². The van der Waals surface area contributed by atoms with Crippen LogP contribution in [0.15, 0.2) is 22.7 Å². The molecule has 0 atom stereocenters. The van der Waals surface area contributed by atoms with Crippen molar-refractivity contribution in [2.24, 2.45) is 0 Å². The average molecular weight is 286 g/mol. The van der Waals surface area contributed by atoms with E-state index in [-0.39, 0.29) is 0 Å². The van der Waals surface area contributed by atoms with Crippen molar-refractivity contribution >= 4 is 26.7 Å². The molecule has 0 unspecified atom stereocenters. The first-order chi connectivity index (χ1) is 9.79. The van der Waals surface area contributed by atoms with E-state index in [0.29, 0.717) is 16.9 Å². The molecule has 1 aromatic carbocycles. The van der Waals surface area contributed by atoms with E-state index in [4.69, 9.17) is 10.3 Å². The number of nitrogens with zero attached hydrogens (tertiary/aromatic N) is 3. The van der Waals surface area contributed by atoms with Crippen LogP contribution >= 0.6 is 11.3 Å². The van der Waals surface area contributed by atoms with Crippen molar-refractivity contribution in [1.82, 2.24) is 15.1 Å². The molecule has 0 spiro atoms. The van der Waals surface area contributed by atoms with Gasteiger partial charge in [-0.1, -0.05) is 29.3 Å². The first-order valence-corrected chi connectivity index (χ1v) is 7.61. The van der Waals surface area contributed by atoms with Crippen LogP contribution in [0, 0.1) is 0 Å². The largest absolute Gasteiger partial charge is 0.375 e. The zero-order valence-electron chi connectivity index (χ0n) is 10.9. The number of anilines is 1. The van der Waals surface area contributed by atoms with Crippen LogP contribution in [0.3, 0.4) is 0 Å². The number of benzene rings is 1. The van der Waals surface area contributed by atoms with Crippen molar-refractivity contribution in [1.29, 1.82) is 0 Å². The van der Waals surface area contributed by atoms with Gasteiger partial charge in [0.2, 0.25) is 0 Å². The van der Waals surface area contributed by atoms with Gasteiger partial charge in [-0.15, -0.1) is 0 Å². The van der Waals surface area contributed by atoms with Gasteiger partial charge in [0, 0.05) is 11.5 Å². The van der Waals surface area contributed by atoms with Gasteiger partial charge in [-0.3, -0.25) is 0 Å². The Morgan fingerprint density at radius 1 is 1.20 bits per heavy atom. The minimum Gasteiger partial charge on any atom is -0.375 e. The fourth-order valence-corrected chi connectivity index (χ4v) is 3.55. The van der Waals surface area contributed by atoms with Crippen LogP contribution in [0.4, 0.5) is 5.13 Å². The van der Waals surface area contributed by atoms with Crippen LogP contribution in [-0.4, -0.2) is 15.1 Å². The zero-order chi connectivity index (χ0) is 13.5. The standard InChI is InChI=1S/C14H14N4OS/c15-14-16-10-6-5-9(7-11(10)20-14)13-17-12(18-19-13)8-3-1-2-4-8/h5-8H,1-4H2,(H2,15,16). The van der Waals surface area contributed by atoms with Crippen LogP contribution in [-0.2, 0) is 0 Å². The molecule has 2 N–H and O–H groups in total. The lowest BCUT2D eigenvalue weighted by Gasteiger charge is -1.99. The highest BCUT2D eigenvalue weighted by molar-refractivity contribution is 7.22. The molecule has 1 fully saturated rings. The number of nitrogen functional groups attached to an aromatic ring is 1. The smallest absolute Gasteiger partial charge is 0.257 e. The van der Waals surface area contributed by atoms with Gasteiger partial charge in [0.05, 0.1) is 10.2 Å². The number of rotatable bonds is 2. The summed E-state index contributed by atoms with van der Waals surface area (Å²) in [6.45, 7) is 0. The molecule has 0 aliphatic heterocycles. The van der Waals surface area contributed by atoms with Crippen LogP contribution in [0.5, 0.6) is 0 Å². The van der Waals surface area contributed by atoms with Gasteiger partial charge in [0.25, 0.3) is 5.89 Å². The molecule has 20 heavy (non-hydrogen) atoms. The van der Waals surface area contributed by atoms with E-state index >= 15 is 0 Å². The maximum Gasteiger partial charge on any atom is 0.257 e. The summed E-state index contributed by atoms with van der Waals surface area (Å²) in [5, 5.41) is 4.71. The van der Waals surface area contributed by atoms with E-state index in [2.05, 4.69) is 15.1 Å². The summed E-state index contributed by atoms with van der Waals surface area (Å²) in [5.74, 6) is 1.90. The molecule has 0 bridgehead atoms. The lowest BCUT2D eigenvalue weighted by molar-refractivity contribution is 0.416. The fraction of sp³-hybridized carbons (Fsp3) is 0.357. The van der Waals surface area contributed by atoms with Gasteiger partial charge in [-0.05, 0) is 31.0 Å². The summed E-state index contributed by atoms with van der Waals surface area (Å²) in [6, 6.07) is 5.90. The second-order valence-electron chi connectivity index (χ2n) is 5.17. The van der Waals surface area contributed by atoms with Gasteiger partial charge in [0.15, 0.2) is 11.0 Å². The van der Waals surface area contributed by atoms with E-state index in [0.717, 1.165) is 21.6 Å². The van der Waals surface area contributed by atoms with Crippen LogP contribution < -0.4 is 5.73 Å². The highest BCUT2D eigenvalue weighted by atomic mass is 32.1. The second kappa shape index (κ2) is 4.56. The van der Waals surface area contributed by atoms with Crippen LogP contribution in [0.25, 0.3) is 21.7 Å². The molecule has 2 heterocycles. The summed E-state index contributed by atoms with van der Waals surface area (Å²) >= 11 is 1.47. The van der Waals surface area contributed by atoms with Gasteiger partial charge in [-0.2, -0.15) is 4.98 Å². The molecule has 0 saturated heterocycles. The van der Waals surface area contributed by atoms with E-state index in [1.165, 1.54) is 37.0 Å². The third kappa shape index (κ3) is 1.96. The molecule has 1 saturated carbocycles. The first-order valence-electron chi connectivity index (χ1n) is 6.79. The number of fused-ring (bicyclic) bond motifs is 1. The topological polar surface area (TPSA) is 77.8 Å². The summed E-state index contributed by atoms with van der Waals surface area (Å²) in [7, 11) is 0. The van der Waals surface area contributed by atoms with Crippen LogP contribution in [0.2, 0.25) is 0 Å². The maximum atomic E-state index is 5.72. The predicted octanol–water partition coefficient (Wildman–Crippen LogP) is 3.59. The second-order valence-corrected chi connectivity index (χ2v) is 6.24. The maximum absolute atomic E-state index is 5.72. The van der Waals surface area contributed by atoms with Gasteiger partial charge in [0.1, 0.15) is 0 Å². The third-order valence-electron chi connectivity index (χ3n) is 3.81. The molecule has 0 amide bonds. The first kappa shape index (κ1) is 11.8. The number of nitrogens with two attached hydrogens (primary N) is 1. The Kier molecular flexibility index (Phi) is 2.70. The van der Waals surface area contributed by atoms with Crippen molar-refractivity contribution in [2.75, 3.05) is 5.73 Å². The molecule has 2 aromatic heterocycles. The third-order valence-corrected chi connectivity index (χ3v) is 4.66. The lowest BCUT2D eigenvalue weighted by Crippen LogP contribution is -1.94. The lowest BCUT2D eigenvalue weighted by atomic mass is 10.1. The molecule has 3 aromatic rings. The molecule has 4 rings (SSSR count). The molecule has 0 radical (unpaired) electrons. The Morgan fingerprint density at radius 2 is 2.05 bits per heavy atom. The van der Waals surface area contributed by atoms with Crippen molar-refractivity contribution in [3.8, 4) is 11.5 Å². The summed E-state index contributed by atoms with van der Waals surface area (Å²) in [6.07, 6.45) is 4.87. The van der Waals surface area contributed by atoms with E-state index in [1.54, 1.807) is 0 Å². The fourth-order valence-electron chi connectivity index (χ4n) is 2.78. The molecule has 1 aliphatic carbocycles. The molecular weight excluding hydrogens is 272 g/mol. The summed E-state index contributed by atoms with van der Waals surface area (Å²) in [5.41, 5.74) is 7.56. The van der Waals surface area contributed by atoms with Crippen molar-refractivity contribution in [3.63, 3.8) is 0 Å². The molecule has 5 nitrogen and oxygen atoms in total. The highest BCUT2D eigenvalue weighted by Gasteiger charge is 2.22. The molecular formula is C14H14N4OS. The van der Waals surface area contributed by atoms with E-state index < -0.39 is 0 Å². The van der Waals surface area contributed by atoms with Crippen molar-refractivity contribution in [3.05, 3.63) is 24.0 Å². The number of aromatic nitrogens is 3. The van der Waals surface area contributed by atoms with E-state index in [9.17, 15) is 0 Å². The van der Waals surface area contributed by atoms with Crippen LogP contribution in [0.1, 0.15) is 37.4 Å². The predicted molar refractivity (Wildman–Crippen MR) is 78.5 cm³/mol. The van der Waals surface area contributed by atoms with Gasteiger partial charge in [-0.25, -0.2) is 4.98 Å². The summed E-state index contributed by atoms with van der Waals surface area (Å²) in [4.78, 5) is 8.80. The molecule has 1 aliphatic rings. The Morgan fingerprint density at radius 3 is 2.90 bits per heavy atom. The SMILES string of the molecule is Nc1nc2ccc(-c3nc(C4CCCC4)no3)cc2s1. The number of hydrogen-bond acceptors (Lipinski definition) is 6.